The summed E-state index contributed by atoms with van der Waals surface area (Å²) >= 11 is 0. The highest BCUT2D eigenvalue weighted by Crippen LogP contribution is 2.13. The number of rotatable bonds is 18. The molecule has 0 atom stereocenters. The van der Waals surface area contributed by atoms with Gasteiger partial charge in [0.25, 0.3) is 0 Å². The van der Waals surface area contributed by atoms with E-state index in [1.54, 1.807) is 0 Å². The predicted molar refractivity (Wildman–Crippen MR) is 112 cm³/mol. The van der Waals surface area contributed by atoms with Gasteiger partial charge in [-0.2, -0.15) is 0 Å². The van der Waals surface area contributed by atoms with Crippen LogP contribution in [0.15, 0.2) is 0 Å². The molecule has 0 radical (unpaired) electrons. The van der Waals surface area contributed by atoms with Crippen LogP contribution in [0.1, 0.15) is 96.8 Å². The molecule has 0 unspecified atom stereocenters. The lowest BCUT2D eigenvalue weighted by atomic mass is 10.0. The predicted octanol–water partition coefficient (Wildman–Crippen LogP) is 5.51. The highest BCUT2D eigenvalue weighted by atomic mass is 32.3. The fourth-order valence-electron chi connectivity index (χ4n) is 3.25. The van der Waals surface area contributed by atoms with Gasteiger partial charge in [-0.15, -0.1) is 0 Å². The van der Waals surface area contributed by atoms with E-state index in [9.17, 15) is 4.21 Å². The van der Waals surface area contributed by atoms with Crippen molar-refractivity contribution < 1.29 is 17.8 Å². The topological polar surface area (TPSA) is 57.5 Å². The minimum atomic E-state index is -3.85. The van der Waals surface area contributed by atoms with E-state index in [1.165, 1.54) is 83.5 Å². The smallest absolute Gasteiger partial charge is 0.0933 e. The second-order valence-corrected chi connectivity index (χ2v) is 10.1. The fraction of sp³-hybridized carbons (Fsp3) is 1.00. The molecule has 0 bridgehead atoms. The highest BCUT2D eigenvalue weighted by Gasteiger charge is 2.17. The lowest BCUT2D eigenvalue weighted by Crippen LogP contribution is -2.44. The van der Waals surface area contributed by atoms with Crippen molar-refractivity contribution in [2.75, 3.05) is 32.9 Å². The molecule has 154 valence electrons. The Bertz CT molecular complexity index is 342. The van der Waals surface area contributed by atoms with Crippen LogP contribution in [0.2, 0.25) is 0 Å². The maximum atomic E-state index is 11.0. The Balaban J connectivity index is 3.31. The summed E-state index contributed by atoms with van der Waals surface area (Å²) in [5.74, 6) is -0.00139. The first-order valence-electron chi connectivity index (χ1n) is 10.6. The number of hydrogen-bond donors (Lipinski definition) is 3. The normalized spacial score (nSPS) is 13.3. The van der Waals surface area contributed by atoms with Crippen LogP contribution in [-0.2, 0) is 10.5 Å². The largest absolute Gasteiger partial charge is 0.328 e. The average Bonchev–Trinajstić information content (AvgIpc) is 2.53. The van der Waals surface area contributed by atoms with Gasteiger partial charge in [-0.05, 0) is 12.8 Å². The zero-order valence-corrected chi connectivity index (χ0v) is 18.1. The first-order chi connectivity index (χ1) is 11.8. The summed E-state index contributed by atoms with van der Waals surface area (Å²) in [5, 5.41) is 0. The molecule has 4 nitrogen and oxygen atoms in total. The third-order valence-electron chi connectivity index (χ3n) is 5.11. The number of unbranched alkanes of at least 4 members (excludes halogenated alkanes) is 13. The Labute approximate surface area is 158 Å². The van der Waals surface area contributed by atoms with E-state index in [4.69, 9.17) is 9.11 Å². The Morgan fingerprint density at radius 1 is 0.640 bits per heavy atom. The first kappa shape index (κ1) is 25.0. The third kappa shape index (κ3) is 20.2. The van der Waals surface area contributed by atoms with Crippen LogP contribution in [0.3, 0.4) is 0 Å². The van der Waals surface area contributed by atoms with Crippen molar-refractivity contribution in [3.05, 3.63) is 0 Å². The lowest BCUT2D eigenvalue weighted by molar-refractivity contribution is -0.888. The van der Waals surface area contributed by atoms with Crippen LogP contribution in [0.5, 0.6) is 0 Å². The standard InChI is InChI=1S/C20H45NO3S/c1-4-5-6-7-8-9-10-11-12-13-14-15-16-17-18-21(2,3)19-20-25(22,23)24/h25H,4-20H2,1-3H3,(H-,22,23,24)/p+1. The van der Waals surface area contributed by atoms with Crippen molar-refractivity contribution >= 4 is 10.5 Å². The third-order valence-corrected chi connectivity index (χ3v) is 5.90. The molecular weight excluding hydrogens is 334 g/mol. The molecule has 2 N–H and O–H groups in total. The number of hydrogen-bond acceptors (Lipinski definition) is 1. The van der Waals surface area contributed by atoms with Gasteiger partial charge in [0.05, 0.1) is 43.4 Å². The number of thiol groups is 1. The molecule has 0 fully saturated rings. The molecule has 0 aromatic carbocycles. The van der Waals surface area contributed by atoms with E-state index in [-0.39, 0.29) is 5.75 Å². The van der Waals surface area contributed by atoms with Crippen LogP contribution >= 0.6 is 0 Å². The van der Waals surface area contributed by atoms with Crippen molar-refractivity contribution in [2.45, 2.75) is 96.8 Å². The van der Waals surface area contributed by atoms with Crippen molar-refractivity contribution in [1.29, 1.82) is 0 Å². The second-order valence-electron chi connectivity index (χ2n) is 8.37. The van der Waals surface area contributed by atoms with Gasteiger partial charge in [0.15, 0.2) is 0 Å². The Hall–Kier alpha value is 0.0300. The maximum Gasteiger partial charge on any atom is 0.0933 e. The van der Waals surface area contributed by atoms with Crippen molar-refractivity contribution in [3.8, 4) is 0 Å². The first-order valence-corrected chi connectivity index (χ1v) is 12.4. The molecule has 5 heteroatoms. The summed E-state index contributed by atoms with van der Waals surface area (Å²) in [5.41, 5.74) is 0. The lowest BCUT2D eigenvalue weighted by Gasteiger charge is -2.30. The van der Waals surface area contributed by atoms with E-state index in [2.05, 4.69) is 21.0 Å². The van der Waals surface area contributed by atoms with Gasteiger partial charge in [0.1, 0.15) is 0 Å². The van der Waals surface area contributed by atoms with Crippen LogP contribution in [0.4, 0.5) is 0 Å². The summed E-state index contributed by atoms with van der Waals surface area (Å²) in [4.78, 5) is 0. The quantitative estimate of drug-likeness (QED) is 0.167. The van der Waals surface area contributed by atoms with E-state index in [0.717, 1.165) is 13.0 Å². The van der Waals surface area contributed by atoms with Crippen LogP contribution in [0.25, 0.3) is 0 Å². The van der Waals surface area contributed by atoms with E-state index >= 15 is 0 Å². The summed E-state index contributed by atoms with van der Waals surface area (Å²) in [7, 11) is 0.284. The Morgan fingerprint density at radius 2 is 1.00 bits per heavy atom. The monoisotopic (exact) mass is 380 g/mol. The van der Waals surface area contributed by atoms with Crippen LogP contribution in [0, 0.1) is 0 Å². The minimum Gasteiger partial charge on any atom is -0.328 e. The summed E-state index contributed by atoms with van der Waals surface area (Å²) < 4.78 is 29.6. The molecule has 0 saturated carbocycles. The number of quaternary nitrogens is 1. The molecule has 0 rings (SSSR count). The molecule has 25 heavy (non-hydrogen) atoms. The molecule has 0 aliphatic heterocycles. The van der Waals surface area contributed by atoms with Gasteiger partial charge >= 0.3 is 0 Å². The summed E-state index contributed by atoms with van der Waals surface area (Å²) in [6.07, 6.45) is 19.1. The molecule has 0 aliphatic carbocycles. The molecule has 0 spiro atoms. The summed E-state index contributed by atoms with van der Waals surface area (Å²) in [6, 6.07) is 0. The molecule has 0 aliphatic rings. The summed E-state index contributed by atoms with van der Waals surface area (Å²) in [6.45, 7) is 3.84. The average molecular weight is 381 g/mol. The van der Waals surface area contributed by atoms with Gasteiger partial charge in [-0.3, -0.25) is 0 Å². The zero-order valence-electron chi connectivity index (χ0n) is 17.2. The van der Waals surface area contributed by atoms with E-state index in [0.29, 0.717) is 11.0 Å². The Kier molecular flexibility index (Phi) is 15.1. The Morgan fingerprint density at radius 3 is 1.36 bits per heavy atom. The van der Waals surface area contributed by atoms with E-state index < -0.39 is 10.5 Å². The maximum absolute atomic E-state index is 11.0. The highest BCUT2D eigenvalue weighted by molar-refractivity contribution is 7.92. The molecule has 0 aromatic rings. The molecule has 0 heterocycles. The van der Waals surface area contributed by atoms with Crippen LogP contribution in [-0.4, -0.2) is 50.7 Å². The number of nitrogens with zero attached hydrogens (tertiary/aromatic N) is 1. The molecule has 0 amide bonds. The van der Waals surface area contributed by atoms with Crippen molar-refractivity contribution in [1.82, 2.24) is 0 Å². The van der Waals surface area contributed by atoms with Crippen molar-refractivity contribution in [2.24, 2.45) is 0 Å². The van der Waals surface area contributed by atoms with Gasteiger partial charge in [-0.1, -0.05) is 84.0 Å². The van der Waals surface area contributed by atoms with Gasteiger partial charge < -0.3 is 13.6 Å². The van der Waals surface area contributed by atoms with Crippen LogP contribution < -0.4 is 0 Å². The molecule has 0 aromatic heterocycles. The zero-order chi connectivity index (χ0) is 19.0. The second kappa shape index (κ2) is 15.1. The molecule has 0 saturated heterocycles. The van der Waals surface area contributed by atoms with Gasteiger partial charge in [0, 0.05) is 0 Å². The van der Waals surface area contributed by atoms with Gasteiger partial charge in [0.2, 0.25) is 0 Å². The molecular formula is C20H46NO3S+. The van der Waals surface area contributed by atoms with Gasteiger partial charge in [-0.25, -0.2) is 4.21 Å². The van der Waals surface area contributed by atoms with E-state index in [1.807, 2.05) is 0 Å². The minimum absolute atomic E-state index is 0.00139. The van der Waals surface area contributed by atoms with Crippen molar-refractivity contribution in [3.63, 3.8) is 0 Å². The SMILES string of the molecule is CCCCCCCCCCCCCCCC[N+](C)(C)CC[SH](=O)(O)O. The fourth-order valence-corrected chi connectivity index (χ4v) is 4.05.